The molecule has 0 unspecified atom stereocenters. The number of hydrogen-bond donors (Lipinski definition) is 1. The molecule has 2 atom stereocenters. The summed E-state index contributed by atoms with van der Waals surface area (Å²) < 4.78 is 0. The zero-order valence-electron chi connectivity index (χ0n) is 15.0. The molecule has 1 aliphatic rings. The highest BCUT2D eigenvalue weighted by Crippen LogP contribution is 2.38. The summed E-state index contributed by atoms with van der Waals surface area (Å²) in [5, 5.41) is 10.2. The quantitative estimate of drug-likeness (QED) is 0.734. The molecule has 1 N–H and O–H groups in total. The van der Waals surface area contributed by atoms with Gasteiger partial charge >= 0.3 is 0 Å². The molecule has 2 nitrogen and oxygen atoms in total. The third-order valence-corrected chi connectivity index (χ3v) is 5.48. The minimum Gasteiger partial charge on any atom is -0.394 e. The average Bonchev–Trinajstić information content (AvgIpc) is 2.71. The van der Waals surface area contributed by atoms with Crippen molar-refractivity contribution in [1.82, 2.24) is 4.90 Å². The van der Waals surface area contributed by atoms with E-state index in [1.807, 2.05) is 6.07 Å². The number of aliphatic hydroxyl groups is 1. The summed E-state index contributed by atoms with van der Waals surface area (Å²) in [5.74, 6) is 0. The van der Waals surface area contributed by atoms with E-state index in [0.29, 0.717) is 0 Å². The Balaban J connectivity index is 1.72. The lowest BCUT2D eigenvalue weighted by Gasteiger charge is -2.42. The molecule has 0 saturated heterocycles. The van der Waals surface area contributed by atoms with E-state index in [1.165, 1.54) is 22.3 Å². The van der Waals surface area contributed by atoms with Crippen LogP contribution in [-0.4, -0.2) is 23.2 Å². The molecule has 1 aliphatic heterocycles. The van der Waals surface area contributed by atoms with Crippen LogP contribution in [0.1, 0.15) is 34.3 Å². The number of hydrogen-bond acceptors (Lipinski definition) is 2. The zero-order valence-corrected chi connectivity index (χ0v) is 15.0. The van der Waals surface area contributed by atoms with Crippen LogP contribution < -0.4 is 0 Å². The number of aliphatic hydroxyl groups excluding tert-OH is 1. The lowest BCUT2D eigenvalue weighted by molar-refractivity contribution is 0.0744. The fourth-order valence-electron chi connectivity index (χ4n) is 4.19. The van der Waals surface area contributed by atoms with Crippen molar-refractivity contribution in [3.63, 3.8) is 0 Å². The second-order valence-electron chi connectivity index (χ2n) is 7.00. The van der Waals surface area contributed by atoms with E-state index in [9.17, 15) is 5.11 Å². The van der Waals surface area contributed by atoms with Crippen molar-refractivity contribution in [2.45, 2.75) is 24.9 Å². The van der Waals surface area contributed by atoms with E-state index >= 15 is 0 Å². The van der Waals surface area contributed by atoms with Crippen molar-refractivity contribution >= 4 is 0 Å². The van der Waals surface area contributed by atoms with Gasteiger partial charge in [-0.1, -0.05) is 84.9 Å². The molecule has 0 aromatic heterocycles. The first-order chi connectivity index (χ1) is 12.9. The number of nitrogens with zero attached hydrogens (tertiary/aromatic N) is 1. The first kappa shape index (κ1) is 17.0. The van der Waals surface area contributed by atoms with Gasteiger partial charge in [0.1, 0.15) is 0 Å². The van der Waals surface area contributed by atoms with E-state index < -0.39 is 0 Å². The highest BCUT2D eigenvalue weighted by atomic mass is 16.3. The van der Waals surface area contributed by atoms with Crippen LogP contribution in [0.4, 0.5) is 0 Å². The fraction of sp³-hybridized carbons (Fsp3) is 0.250. The zero-order chi connectivity index (χ0) is 17.8. The maximum absolute atomic E-state index is 10.2. The lowest BCUT2D eigenvalue weighted by atomic mass is 9.86. The summed E-state index contributed by atoms with van der Waals surface area (Å²) >= 11 is 0. The van der Waals surface area contributed by atoms with Crippen LogP contribution in [0.2, 0.25) is 0 Å². The molecule has 26 heavy (non-hydrogen) atoms. The molecule has 0 amide bonds. The van der Waals surface area contributed by atoms with E-state index in [2.05, 4.69) is 83.8 Å². The van der Waals surface area contributed by atoms with Crippen LogP contribution in [-0.2, 0) is 12.8 Å². The molecule has 0 saturated carbocycles. The molecule has 1 heterocycles. The van der Waals surface area contributed by atoms with Crippen molar-refractivity contribution in [3.8, 4) is 0 Å². The maximum atomic E-state index is 10.2. The average molecular weight is 343 g/mol. The van der Waals surface area contributed by atoms with Gasteiger partial charge in [-0.2, -0.15) is 0 Å². The Morgan fingerprint density at radius 3 is 2.23 bits per heavy atom. The SMILES string of the molecule is OC[C@@H](c1ccccc1)N1CCc2ccccc2[C@H]1Cc1ccccc1. The highest BCUT2D eigenvalue weighted by molar-refractivity contribution is 5.35. The number of rotatable bonds is 5. The molecule has 2 heteroatoms. The van der Waals surface area contributed by atoms with E-state index in [-0.39, 0.29) is 18.7 Å². The Hall–Kier alpha value is -2.42. The molecule has 132 valence electrons. The lowest BCUT2D eigenvalue weighted by Crippen LogP contribution is -2.40. The van der Waals surface area contributed by atoms with Crippen molar-refractivity contribution in [2.75, 3.05) is 13.2 Å². The minimum absolute atomic E-state index is 0.0262. The second-order valence-corrected chi connectivity index (χ2v) is 7.00. The van der Waals surface area contributed by atoms with Gasteiger partial charge in [-0.05, 0) is 35.1 Å². The number of benzene rings is 3. The van der Waals surface area contributed by atoms with Crippen LogP contribution in [0, 0.1) is 0 Å². The third kappa shape index (κ3) is 3.44. The van der Waals surface area contributed by atoms with Crippen LogP contribution >= 0.6 is 0 Å². The first-order valence-corrected chi connectivity index (χ1v) is 9.40. The molecule has 0 aliphatic carbocycles. The standard InChI is InChI=1S/C24H25NO/c26-18-24(21-12-5-2-6-13-21)25-16-15-20-11-7-8-14-22(20)23(25)17-19-9-3-1-4-10-19/h1-14,23-24,26H,15-18H2/t23-,24+/m1/s1. The van der Waals surface area contributed by atoms with Gasteiger partial charge in [0.2, 0.25) is 0 Å². The van der Waals surface area contributed by atoms with Crippen molar-refractivity contribution in [1.29, 1.82) is 0 Å². The molecule has 0 fully saturated rings. The molecule has 3 aromatic rings. The Kier molecular flexibility index (Phi) is 5.14. The molecule has 4 rings (SSSR count). The normalized spacial score (nSPS) is 18.3. The maximum Gasteiger partial charge on any atom is 0.0628 e. The predicted octanol–water partition coefficient (Wildman–Crippen LogP) is 4.56. The monoisotopic (exact) mass is 343 g/mol. The predicted molar refractivity (Wildman–Crippen MR) is 106 cm³/mol. The van der Waals surface area contributed by atoms with Crippen LogP contribution in [0.15, 0.2) is 84.9 Å². The molecule has 0 radical (unpaired) electrons. The smallest absolute Gasteiger partial charge is 0.0628 e. The number of fused-ring (bicyclic) bond motifs is 1. The van der Waals surface area contributed by atoms with Gasteiger partial charge < -0.3 is 5.11 Å². The summed E-state index contributed by atoms with van der Waals surface area (Å²) in [6.45, 7) is 1.10. The van der Waals surface area contributed by atoms with Gasteiger partial charge in [-0.3, -0.25) is 4.90 Å². The molecule has 3 aromatic carbocycles. The van der Waals surface area contributed by atoms with Gasteiger partial charge in [0.15, 0.2) is 0 Å². The molecular weight excluding hydrogens is 318 g/mol. The summed E-state index contributed by atoms with van der Waals surface area (Å²) in [7, 11) is 0. The van der Waals surface area contributed by atoms with Gasteiger partial charge in [0.25, 0.3) is 0 Å². The summed E-state index contributed by atoms with van der Waals surface area (Å²) in [6.07, 6.45) is 1.99. The van der Waals surface area contributed by atoms with E-state index in [0.717, 1.165) is 19.4 Å². The largest absolute Gasteiger partial charge is 0.394 e. The Labute approximate surface area is 155 Å². The van der Waals surface area contributed by atoms with E-state index in [4.69, 9.17) is 0 Å². The van der Waals surface area contributed by atoms with Crippen molar-refractivity contribution in [2.24, 2.45) is 0 Å². The van der Waals surface area contributed by atoms with E-state index in [1.54, 1.807) is 0 Å². The summed E-state index contributed by atoms with van der Waals surface area (Å²) in [6, 6.07) is 30.2. The molecular formula is C24H25NO. The first-order valence-electron chi connectivity index (χ1n) is 9.40. The van der Waals surface area contributed by atoms with Crippen LogP contribution in [0.5, 0.6) is 0 Å². The topological polar surface area (TPSA) is 23.5 Å². The molecule has 0 spiro atoms. The van der Waals surface area contributed by atoms with Gasteiger partial charge in [-0.15, -0.1) is 0 Å². The summed E-state index contributed by atoms with van der Waals surface area (Å²) in [5.41, 5.74) is 5.36. The van der Waals surface area contributed by atoms with Gasteiger partial charge in [-0.25, -0.2) is 0 Å². The molecule has 0 bridgehead atoms. The third-order valence-electron chi connectivity index (χ3n) is 5.48. The Bertz CT molecular complexity index is 831. The van der Waals surface area contributed by atoms with Crippen molar-refractivity contribution in [3.05, 3.63) is 107 Å². The van der Waals surface area contributed by atoms with Crippen LogP contribution in [0.25, 0.3) is 0 Å². The van der Waals surface area contributed by atoms with Gasteiger partial charge in [0.05, 0.1) is 12.6 Å². The Morgan fingerprint density at radius 1 is 0.846 bits per heavy atom. The second kappa shape index (κ2) is 7.86. The van der Waals surface area contributed by atoms with Crippen molar-refractivity contribution < 1.29 is 5.11 Å². The fourth-order valence-corrected chi connectivity index (χ4v) is 4.19. The Morgan fingerprint density at radius 2 is 1.50 bits per heavy atom. The van der Waals surface area contributed by atoms with Crippen LogP contribution in [0.3, 0.4) is 0 Å². The van der Waals surface area contributed by atoms with Gasteiger partial charge in [0, 0.05) is 12.6 Å². The highest BCUT2D eigenvalue weighted by Gasteiger charge is 2.32. The summed E-state index contributed by atoms with van der Waals surface area (Å²) in [4.78, 5) is 2.49. The minimum atomic E-state index is 0.0262.